The van der Waals surface area contributed by atoms with Crippen molar-refractivity contribution < 1.29 is 14.0 Å². The van der Waals surface area contributed by atoms with Gasteiger partial charge in [0.2, 0.25) is 0 Å². The van der Waals surface area contributed by atoms with Gasteiger partial charge in [-0.15, -0.1) is 0 Å². The number of nitrogens with zero attached hydrogens (tertiary/aromatic N) is 2. The van der Waals surface area contributed by atoms with Gasteiger partial charge in [-0.3, -0.25) is 0 Å². The van der Waals surface area contributed by atoms with Crippen LogP contribution in [0.1, 0.15) is 26.5 Å². The van der Waals surface area contributed by atoms with Crippen LogP contribution >= 0.6 is 0 Å². The molecule has 0 radical (unpaired) electrons. The molecular formula is C17H25N2O2+. The number of ether oxygens (including phenoxy) is 1. The molecule has 0 saturated carbocycles. The second kappa shape index (κ2) is 6.31. The Morgan fingerprint density at radius 1 is 1.14 bits per heavy atom. The van der Waals surface area contributed by atoms with Crippen molar-refractivity contribution in [2.24, 2.45) is 0 Å². The van der Waals surface area contributed by atoms with E-state index in [2.05, 4.69) is 26.8 Å². The smallest absolute Gasteiger partial charge is 0.418 e. The number of carbonyl (C=O) groups excluding carboxylic acids is 1. The lowest BCUT2D eigenvalue weighted by molar-refractivity contribution is -0.936. The van der Waals surface area contributed by atoms with Crippen molar-refractivity contribution in [2.45, 2.75) is 27.3 Å². The zero-order valence-electron chi connectivity index (χ0n) is 13.4. The van der Waals surface area contributed by atoms with Crippen LogP contribution in [0.5, 0.6) is 0 Å². The number of rotatable bonds is 5. The average molecular weight is 289 g/mol. The zero-order chi connectivity index (χ0) is 15.5. The maximum Gasteiger partial charge on any atom is 0.418 e. The van der Waals surface area contributed by atoms with Crippen molar-refractivity contribution in [3.63, 3.8) is 0 Å². The highest BCUT2D eigenvalue weighted by atomic mass is 16.5. The predicted molar refractivity (Wildman–Crippen MR) is 85.3 cm³/mol. The van der Waals surface area contributed by atoms with Crippen LogP contribution in [0.25, 0.3) is 10.9 Å². The number of quaternary nitrogens is 1. The first kappa shape index (κ1) is 15.6. The van der Waals surface area contributed by atoms with E-state index in [9.17, 15) is 4.79 Å². The highest BCUT2D eigenvalue weighted by Gasteiger charge is 2.26. The molecule has 0 N–H and O–H groups in total. The van der Waals surface area contributed by atoms with Crippen molar-refractivity contribution >= 4 is 17.0 Å². The zero-order valence-corrected chi connectivity index (χ0v) is 13.4. The molecular weight excluding hydrogens is 264 g/mol. The van der Waals surface area contributed by atoms with Crippen LogP contribution in [0.4, 0.5) is 4.79 Å². The molecule has 1 aromatic carbocycles. The lowest BCUT2D eigenvalue weighted by atomic mass is 10.2. The van der Waals surface area contributed by atoms with Gasteiger partial charge in [0, 0.05) is 5.39 Å². The Balaban J connectivity index is 2.55. The normalized spacial score (nSPS) is 11.8. The molecule has 0 fully saturated rings. The largest absolute Gasteiger partial charge is 0.452 e. The topological polar surface area (TPSA) is 31.2 Å². The molecule has 0 unspecified atom stereocenters. The molecule has 1 heterocycles. The first-order valence-corrected chi connectivity index (χ1v) is 7.63. The second-order valence-electron chi connectivity index (χ2n) is 5.45. The number of hydrogen-bond donors (Lipinski definition) is 0. The molecule has 0 bridgehead atoms. The summed E-state index contributed by atoms with van der Waals surface area (Å²) in [6.45, 7) is 10.6. The van der Waals surface area contributed by atoms with E-state index in [1.807, 2.05) is 24.3 Å². The Labute approximate surface area is 126 Å². The quantitative estimate of drug-likeness (QED) is 0.787. The van der Waals surface area contributed by atoms with Gasteiger partial charge < -0.3 is 9.22 Å². The van der Waals surface area contributed by atoms with Gasteiger partial charge >= 0.3 is 6.09 Å². The van der Waals surface area contributed by atoms with Gasteiger partial charge in [0.15, 0.2) is 0 Å². The maximum absolute atomic E-state index is 12.2. The molecule has 0 amide bonds. The first-order valence-electron chi connectivity index (χ1n) is 7.63. The molecule has 4 heteroatoms. The molecule has 0 aliphatic rings. The third kappa shape index (κ3) is 2.81. The number of methoxy groups -OCH3 is 1. The first-order chi connectivity index (χ1) is 10.1. The monoisotopic (exact) mass is 289 g/mol. The van der Waals surface area contributed by atoms with Crippen LogP contribution in [0.3, 0.4) is 0 Å². The lowest BCUT2D eigenvalue weighted by Crippen LogP contribution is -2.47. The number of aromatic nitrogens is 1. The van der Waals surface area contributed by atoms with E-state index in [4.69, 9.17) is 4.74 Å². The molecule has 1 aromatic heterocycles. The molecule has 114 valence electrons. The lowest BCUT2D eigenvalue weighted by Gasteiger charge is -2.35. The molecule has 0 aliphatic carbocycles. The summed E-state index contributed by atoms with van der Waals surface area (Å²) in [6, 6.07) is 10.1. The molecule has 2 rings (SSSR count). The van der Waals surface area contributed by atoms with Crippen LogP contribution in [0.2, 0.25) is 0 Å². The minimum absolute atomic E-state index is 0.312. The van der Waals surface area contributed by atoms with Crippen molar-refractivity contribution in [1.29, 1.82) is 0 Å². The number of benzene rings is 1. The summed E-state index contributed by atoms with van der Waals surface area (Å²) in [7, 11) is 1.43. The van der Waals surface area contributed by atoms with Gasteiger partial charge in [-0.25, -0.2) is 9.36 Å². The fourth-order valence-electron chi connectivity index (χ4n) is 2.99. The van der Waals surface area contributed by atoms with E-state index in [-0.39, 0.29) is 6.09 Å². The fraction of sp³-hybridized carbons (Fsp3) is 0.471. The summed E-state index contributed by atoms with van der Waals surface area (Å²) in [5.41, 5.74) is 1.94. The molecule has 0 aliphatic heterocycles. The van der Waals surface area contributed by atoms with E-state index >= 15 is 0 Å². The maximum atomic E-state index is 12.2. The van der Waals surface area contributed by atoms with Gasteiger partial charge in [0.05, 0.1) is 38.0 Å². The van der Waals surface area contributed by atoms with Crippen molar-refractivity contribution in [3.8, 4) is 0 Å². The van der Waals surface area contributed by atoms with Crippen LogP contribution in [0.15, 0.2) is 30.3 Å². The fourth-order valence-corrected chi connectivity index (χ4v) is 2.99. The minimum atomic E-state index is -0.312. The SMILES string of the molecule is CC[N+](CC)(CC)Cc1cc2ccccc2n1C(=O)OC. The number of carbonyl (C=O) groups is 1. The van der Waals surface area contributed by atoms with Crippen LogP contribution < -0.4 is 0 Å². The Morgan fingerprint density at radius 2 is 1.76 bits per heavy atom. The van der Waals surface area contributed by atoms with Crippen molar-refractivity contribution in [1.82, 2.24) is 4.57 Å². The van der Waals surface area contributed by atoms with E-state index < -0.39 is 0 Å². The third-order valence-corrected chi connectivity index (χ3v) is 4.65. The molecule has 0 spiro atoms. The minimum Gasteiger partial charge on any atom is -0.452 e. The van der Waals surface area contributed by atoms with Gasteiger partial charge in [0.25, 0.3) is 0 Å². The number of fused-ring (bicyclic) bond motifs is 1. The predicted octanol–water partition coefficient (Wildman–Crippen LogP) is 3.63. The van der Waals surface area contributed by atoms with Crippen molar-refractivity contribution in [2.75, 3.05) is 26.7 Å². The standard InChI is InChI=1S/C17H25N2O2/c1-5-19(6-2,7-3)13-15-12-14-10-8-9-11-16(14)18(15)17(20)21-4/h8-12H,5-7,13H2,1-4H3/q+1. The Hall–Kier alpha value is -1.81. The van der Waals surface area contributed by atoms with Crippen LogP contribution in [-0.4, -0.2) is 41.9 Å². The summed E-state index contributed by atoms with van der Waals surface area (Å²) >= 11 is 0. The summed E-state index contributed by atoms with van der Waals surface area (Å²) < 4.78 is 7.65. The Bertz CT molecular complexity index is 618. The van der Waals surface area contributed by atoms with E-state index in [1.165, 1.54) is 7.11 Å². The second-order valence-corrected chi connectivity index (χ2v) is 5.45. The molecule has 21 heavy (non-hydrogen) atoms. The summed E-state index contributed by atoms with van der Waals surface area (Å²) in [6.07, 6.45) is -0.312. The summed E-state index contributed by atoms with van der Waals surface area (Å²) in [4.78, 5) is 12.2. The van der Waals surface area contributed by atoms with Crippen LogP contribution in [-0.2, 0) is 11.3 Å². The van der Waals surface area contributed by atoms with Gasteiger partial charge in [-0.2, -0.15) is 0 Å². The van der Waals surface area contributed by atoms with E-state index in [1.54, 1.807) is 4.57 Å². The highest BCUT2D eigenvalue weighted by molar-refractivity contribution is 5.90. The average Bonchev–Trinajstić information content (AvgIpc) is 2.89. The van der Waals surface area contributed by atoms with E-state index in [0.717, 1.165) is 47.3 Å². The Morgan fingerprint density at radius 3 is 2.33 bits per heavy atom. The van der Waals surface area contributed by atoms with Crippen molar-refractivity contribution in [3.05, 3.63) is 36.0 Å². The Kier molecular flexibility index (Phi) is 4.68. The molecule has 0 atom stereocenters. The third-order valence-electron chi connectivity index (χ3n) is 4.65. The van der Waals surface area contributed by atoms with E-state index in [0.29, 0.717) is 0 Å². The molecule has 0 saturated heterocycles. The van der Waals surface area contributed by atoms with Gasteiger partial charge in [0.1, 0.15) is 6.54 Å². The highest BCUT2D eigenvalue weighted by Crippen LogP contribution is 2.23. The molecule has 4 nitrogen and oxygen atoms in total. The van der Waals surface area contributed by atoms with Crippen LogP contribution in [0, 0.1) is 0 Å². The summed E-state index contributed by atoms with van der Waals surface area (Å²) in [5.74, 6) is 0. The number of para-hydroxylation sites is 1. The van der Waals surface area contributed by atoms with Gasteiger partial charge in [-0.1, -0.05) is 18.2 Å². The summed E-state index contributed by atoms with van der Waals surface area (Å²) in [5, 5.41) is 1.08. The van der Waals surface area contributed by atoms with Gasteiger partial charge in [-0.05, 0) is 32.9 Å². The number of hydrogen-bond acceptors (Lipinski definition) is 2. The molecule has 2 aromatic rings.